The van der Waals surface area contributed by atoms with Crippen molar-refractivity contribution in [3.63, 3.8) is 0 Å². The first-order valence-corrected chi connectivity index (χ1v) is 11.6. The third-order valence-corrected chi connectivity index (χ3v) is 6.16. The molecule has 1 aliphatic rings. The van der Waals surface area contributed by atoms with Crippen LogP contribution in [0.1, 0.15) is 47.5 Å². The molecule has 4 aromatic rings. The molecule has 1 saturated carbocycles. The molecule has 0 aliphatic heterocycles. The molecule has 1 amide bonds. The Morgan fingerprint density at radius 1 is 1.26 bits per heavy atom. The highest BCUT2D eigenvalue weighted by Gasteiger charge is 2.26. The van der Waals surface area contributed by atoms with E-state index in [0.29, 0.717) is 28.6 Å². The maximum atomic E-state index is 13.3. The van der Waals surface area contributed by atoms with Crippen LogP contribution in [0.3, 0.4) is 0 Å². The quantitative estimate of drug-likeness (QED) is 0.385. The maximum Gasteiger partial charge on any atom is 0.254 e. The molecule has 5 rings (SSSR count). The van der Waals surface area contributed by atoms with Crippen molar-refractivity contribution in [3.8, 4) is 16.9 Å². The highest BCUT2D eigenvalue weighted by atomic mass is 35.5. The number of aromatic nitrogens is 3. The van der Waals surface area contributed by atoms with E-state index in [-0.39, 0.29) is 12.0 Å². The smallest absolute Gasteiger partial charge is 0.254 e. The molecule has 2 aromatic carbocycles. The fraction of sp³-hybridized carbons (Fsp3) is 0.269. The minimum Gasteiger partial charge on any atom is -0.490 e. The van der Waals surface area contributed by atoms with Crippen LogP contribution in [0.25, 0.3) is 22.0 Å². The topological polar surface area (TPSA) is 91.3 Å². The summed E-state index contributed by atoms with van der Waals surface area (Å²) in [6, 6.07) is 13.1. The summed E-state index contributed by atoms with van der Waals surface area (Å²) in [5.74, 6) is 0.550. The lowest BCUT2D eigenvalue weighted by Gasteiger charge is -2.20. The number of nitrogens with zero attached hydrogens (tertiary/aromatic N) is 3. The van der Waals surface area contributed by atoms with Gasteiger partial charge in [-0.05, 0) is 55.7 Å². The van der Waals surface area contributed by atoms with Gasteiger partial charge in [0.1, 0.15) is 5.75 Å². The van der Waals surface area contributed by atoms with Crippen LogP contribution in [0.15, 0.2) is 54.9 Å². The van der Waals surface area contributed by atoms with Gasteiger partial charge in [0, 0.05) is 46.9 Å². The van der Waals surface area contributed by atoms with Gasteiger partial charge in [0.15, 0.2) is 0 Å². The molecule has 174 valence electrons. The van der Waals surface area contributed by atoms with E-state index in [4.69, 9.17) is 16.3 Å². The molecule has 1 aliphatic carbocycles. The number of carbonyl (C=O) groups is 1. The Labute approximate surface area is 202 Å². The Morgan fingerprint density at radius 3 is 2.82 bits per heavy atom. The van der Waals surface area contributed by atoms with Crippen molar-refractivity contribution < 1.29 is 14.6 Å². The number of hydrogen-bond donors (Lipinski definition) is 2. The highest BCUT2D eigenvalue weighted by Crippen LogP contribution is 2.37. The van der Waals surface area contributed by atoms with Gasteiger partial charge >= 0.3 is 0 Å². The van der Waals surface area contributed by atoms with Crippen molar-refractivity contribution in [3.05, 3.63) is 76.7 Å². The second-order valence-electron chi connectivity index (χ2n) is 8.70. The molecule has 0 radical (unpaired) electrons. The molecule has 8 heteroatoms. The number of benzene rings is 2. The van der Waals surface area contributed by atoms with Gasteiger partial charge < -0.3 is 14.7 Å². The van der Waals surface area contributed by atoms with Crippen LogP contribution in [0.4, 0.5) is 0 Å². The van der Waals surface area contributed by atoms with Gasteiger partial charge in [-0.3, -0.25) is 14.9 Å². The normalized spacial score (nSPS) is 14.2. The number of aromatic amines is 1. The summed E-state index contributed by atoms with van der Waals surface area (Å²) in [5.41, 5.74) is 4.53. The van der Waals surface area contributed by atoms with Crippen molar-refractivity contribution in [1.29, 1.82) is 0 Å². The minimum atomic E-state index is -0.712. The van der Waals surface area contributed by atoms with Gasteiger partial charge in [0.2, 0.25) is 0 Å². The Balaban J connectivity index is 1.42. The average molecular weight is 477 g/mol. The molecule has 0 spiro atoms. The molecule has 1 atom stereocenters. The summed E-state index contributed by atoms with van der Waals surface area (Å²) in [6.45, 7) is 2.00. The molecule has 2 aromatic heterocycles. The SMILES string of the molecule is CC(O)c1ncc(CN(C)C(=O)c2ccc(-c3cccc(Cl)c3)c(OC3CC3)c2)c2[nH]ncc12. The van der Waals surface area contributed by atoms with Crippen molar-refractivity contribution in [2.75, 3.05) is 7.05 Å². The van der Waals surface area contributed by atoms with Crippen LogP contribution in [0.2, 0.25) is 5.02 Å². The van der Waals surface area contributed by atoms with Gasteiger partial charge in [-0.1, -0.05) is 23.7 Å². The third-order valence-electron chi connectivity index (χ3n) is 5.93. The summed E-state index contributed by atoms with van der Waals surface area (Å²) in [6.07, 6.45) is 4.83. The fourth-order valence-corrected chi connectivity index (χ4v) is 4.21. The van der Waals surface area contributed by atoms with Gasteiger partial charge in [-0.15, -0.1) is 0 Å². The summed E-state index contributed by atoms with van der Waals surface area (Å²) >= 11 is 6.20. The Morgan fingerprint density at radius 2 is 2.09 bits per heavy atom. The third kappa shape index (κ3) is 4.49. The maximum absolute atomic E-state index is 13.3. The van der Waals surface area contributed by atoms with Gasteiger partial charge in [0.25, 0.3) is 5.91 Å². The van der Waals surface area contributed by atoms with Crippen molar-refractivity contribution in [2.45, 2.75) is 38.5 Å². The molecule has 34 heavy (non-hydrogen) atoms. The van der Waals surface area contributed by atoms with E-state index >= 15 is 0 Å². The molecule has 7 nitrogen and oxygen atoms in total. The molecule has 1 unspecified atom stereocenters. The van der Waals surface area contributed by atoms with E-state index < -0.39 is 6.10 Å². The molecule has 0 bridgehead atoms. The second kappa shape index (κ2) is 9.08. The zero-order valence-electron chi connectivity index (χ0n) is 19.0. The predicted molar refractivity (Wildman–Crippen MR) is 131 cm³/mol. The summed E-state index contributed by atoms with van der Waals surface area (Å²) in [7, 11) is 1.75. The molecular formula is C26H25ClN4O3. The lowest BCUT2D eigenvalue weighted by Crippen LogP contribution is -2.26. The van der Waals surface area contributed by atoms with Crippen LogP contribution in [0.5, 0.6) is 5.75 Å². The number of nitrogens with one attached hydrogen (secondary N) is 1. The number of carbonyl (C=O) groups excluding carboxylic acids is 1. The lowest BCUT2D eigenvalue weighted by atomic mass is 10.0. The van der Waals surface area contributed by atoms with Crippen LogP contribution < -0.4 is 4.74 Å². The monoisotopic (exact) mass is 476 g/mol. The number of aliphatic hydroxyl groups excluding tert-OH is 1. The van der Waals surface area contributed by atoms with Crippen molar-refractivity contribution in [1.82, 2.24) is 20.1 Å². The lowest BCUT2D eigenvalue weighted by molar-refractivity contribution is 0.0785. The number of pyridine rings is 1. The van der Waals surface area contributed by atoms with Crippen LogP contribution in [-0.4, -0.2) is 44.2 Å². The second-order valence-corrected chi connectivity index (χ2v) is 9.14. The number of aliphatic hydroxyl groups is 1. The predicted octanol–water partition coefficient (Wildman–Crippen LogP) is 5.15. The van der Waals surface area contributed by atoms with Gasteiger partial charge in [-0.25, -0.2) is 0 Å². The molecule has 0 saturated heterocycles. The van der Waals surface area contributed by atoms with E-state index in [1.54, 1.807) is 31.3 Å². The first-order valence-electron chi connectivity index (χ1n) is 11.2. The number of amides is 1. The largest absolute Gasteiger partial charge is 0.490 e. The van der Waals surface area contributed by atoms with Crippen LogP contribution in [0, 0.1) is 0 Å². The summed E-state index contributed by atoms with van der Waals surface area (Å²) in [5, 5.41) is 18.4. The Bertz CT molecular complexity index is 1360. The van der Waals surface area contributed by atoms with E-state index in [1.807, 2.05) is 42.5 Å². The first kappa shape index (κ1) is 22.4. The van der Waals surface area contributed by atoms with Crippen molar-refractivity contribution in [2.24, 2.45) is 0 Å². The van der Waals surface area contributed by atoms with Crippen molar-refractivity contribution >= 4 is 28.4 Å². The number of fused-ring (bicyclic) bond motifs is 1. The number of rotatable bonds is 7. The first-order chi connectivity index (χ1) is 16.4. The van der Waals surface area contributed by atoms with Gasteiger partial charge in [-0.2, -0.15) is 5.10 Å². The zero-order chi connectivity index (χ0) is 23.8. The van der Waals surface area contributed by atoms with E-state index in [9.17, 15) is 9.90 Å². The molecular weight excluding hydrogens is 452 g/mol. The fourth-order valence-electron chi connectivity index (χ4n) is 4.02. The van der Waals surface area contributed by atoms with E-state index in [0.717, 1.165) is 40.4 Å². The Kier molecular flexibility index (Phi) is 5.98. The molecule has 1 fully saturated rings. The number of hydrogen-bond acceptors (Lipinski definition) is 5. The van der Waals surface area contributed by atoms with E-state index in [2.05, 4.69) is 15.2 Å². The minimum absolute atomic E-state index is 0.134. The number of ether oxygens (including phenoxy) is 1. The molecule has 2 N–H and O–H groups in total. The average Bonchev–Trinajstić information content (AvgIpc) is 3.49. The number of H-pyrrole nitrogens is 1. The summed E-state index contributed by atoms with van der Waals surface area (Å²) in [4.78, 5) is 19.3. The van der Waals surface area contributed by atoms with Crippen LogP contribution in [-0.2, 0) is 6.54 Å². The molecule has 2 heterocycles. The Hall–Kier alpha value is -3.42. The standard InChI is InChI=1S/C26H25ClN4O3/c1-15(32)24-22-13-29-30-25(22)18(12-28-24)14-31(2)26(33)17-6-9-21(16-4-3-5-19(27)10-16)23(11-17)34-20-7-8-20/h3-6,9-13,15,20,32H,7-8,14H2,1-2H3,(H,29,30). The summed E-state index contributed by atoms with van der Waals surface area (Å²) < 4.78 is 6.16. The van der Waals surface area contributed by atoms with Gasteiger partial charge in [0.05, 0.1) is 29.6 Å². The van der Waals surface area contributed by atoms with Crippen LogP contribution >= 0.6 is 11.6 Å². The van der Waals surface area contributed by atoms with E-state index in [1.165, 1.54) is 0 Å². The number of halogens is 1. The zero-order valence-corrected chi connectivity index (χ0v) is 19.7. The highest BCUT2D eigenvalue weighted by molar-refractivity contribution is 6.30.